The van der Waals surface area contributed by atoms with E-state index in [0.717, 1.165) is 32.3 Å². The molecule has 1 heterocycles. The van der Waals surface area contributed by atoms with E-state index in [-0.39, 0.29) is 5.97 Å². The van der Waals surface area contributed by atoms with Crippen LogP contribution in [0.2, 0.25) is 0 Å². The zero-order chi connectivity index (χ0) is 11.1. The molecule has 1 fully saturated rings. The molecule has 0 aromatic heterocycles. The van der Waals surface area contributed by atoms with Crippen molar-refractivity contribution in [2.75, 3.05) is 13.2 Å². The van der Waals surface area contributed by atoms with Crippen LogP contribution in [0, 0.1) is 0 Å². The van der Waals surface area contributed by atoms with Gasteiger partial charge >= 0.3 is 5.97 Å². The molecule has 0 bridgehead atoms. The number of esters is 1. The molecular formula is C12H20O3. The molecule has 0 aliphatic carbocycles. The van der Waals surface area contributed by atoms with Crippen LogP contribution in [0.1, 0.15) is 39.0 Å². The van der Waals surface area contributed by atoms with Crippen LogP contribution in [-0.4, -0.2) is 25.3 Å². The Bertz CT molecular complexity index is 219. The highest BCUT2D eigenvalue weighted by Crippen LogP contribution is 2.18. The second-order valence-electron chi connectivity index (χ2n) is 3.88. The third kappa shape index (κ3) is 5.57. The highest BCUT2D eigenvalue weighted by atomic mass is 16.6. The first kappa shape index (κ1) is 12.2. The third-order valence-corrected chi connectivity index (χ3v) is 2.47. The lowest BCUT2D eigenvalue weighted by Crippen LogP contribution is -2.06. The van der Waals surface area contributed by atoms with Crippen LogP contribution in [0.4, 0.5) is 0 Å². The quantitative estimate of drug-likeness (QED) is 0.268. The summed E-state index contributed by atoms with van der Waals surface area (Å²) < 4.78 is 9.97. The first-order valence-corrected chi connectivity index (χ1v) is 5.70. The average molecular weight is 212 g/mol. The first-order chi connectivity index (χ1) is 7.24. The predicted molar refractivity (Wildman–Crippen MR) is 58.6 cm³/mol. The first-order valence-electron chi connectivity index (χ1n) is 5.70. The number of unbranched alkanes of at least 4 members (excludes halogenated alkanes) is 2. The molecule has 1 saturated heterocycles. The van der Waals surface area contributed by atoms with Crippen LogP contribution < -0.4 is 0 Å². The van der Waals surface area contributed by atoms with Gasteiger partial charge in [0, 0.05) is 5.57 Å². The number of hydrogen-bond acceptors (Lipinski definition) is 3. The van der Waals surface area contributed by atoms with Gasteiger partial charge in [-0.2, -0.15) is 0 Å². The van der Waals surface area contributed by atoms with Gasteiger partial charge in [0.25, 0.3) is 0 Å². The van der Waals surface area contributed by atoms with Gasteiger partial charge in [0.1, 0.15) is 0 Å². The Morgan fingerprint density at radius 2 is 2.20 bits per heavy atom. The lowest BCUT2D eigenvalue weighted by molar-refractivity contribution is -0.138. The van der Waals surface area contributed by atoms with E-state index in [9.17, 15) is 4.79 Å². The molecule has 86 valence electrons. The minimum Gasteiger partial charge on any atom is -0.463 e. The van der Waals surface area contributed by atoms with E-state index in [4.69, 9.17) is 9.47 Å². The zero-order valence-electron chi connectivity index (χ0n) is 9.46. The summed E-state index contributed by atoms with van der Waals surface area (Å²) >= 11 is 0. The molecule has 0 radical (unpaired) electrons. The molecule has 0 aromatic rings. The molecule has 0 N–H and O–H groups in total. The fourth-order valence-corrected chi connectivity index (χ4v) is 1.46. The standard InChI is InChI=1S/C12H20O3/c1-3-14-12(13)10(2)7-5-4-6-8-11-9-15-11/h11H,2-9H2,1H3. The van der Waals surface area contributed by atoms with Crippen molar-refractivity contribution in [3.8, 4) is 0 Å². The molecule has 1 unspecified atom stereocenters. The van der Waals surface area contributed by atoms with Gasteiger partial charge in [-0.1, -0.05) is 19.4 Å². The van der Waals surface area contributed by atoms with E-state index >= 15 is 0 Å². The summed E-state index contributed by atoms with van der Waals surface area (Å²) in [6, 6.07) is 0. The maximum absolute atomic E-state index is 11.2. The Morgan fingerprint density at radius 1 is 1.47 bits per heavy atom. The van der Waals surface area contributed by atoms with E-state index in [1.54, 1.807) is 6.92 Å². The summed E-state index contributed by atoms with van der Waals surface area (Å²) in [5.74, 6) is -0.247. The van der Waals surface area contributed by atoms with Crippen molar-refractivity contribution in [1.82, 2.24) is 0 Å². The van der Waals surface area contributed by atoms with Gasteiger partial charge in [-0.25, -0.2) is 4.79 Å². The van der Waals surface area contributed by atoms with Crippen molar-refractivity contribution in [2.24, 2.45) is 0 Å². The van der Waals surface area contributed by atoms with Crippen molar-refractivity contribution in [3.63, 3.8) is 0 Å². The SMILES string of the molecule is C=C(CCCCCC1CO1)C(=O)OCC. The van der Waals surface area contributed by atoms with Crippen LogP contribution in [0.3, 0.4) is 0 Å². The molecule has 3 nitrogen and oxygen atoms in total. The number of carbonyl (C=O) groups excluding carboxylic acids is 1. The van der Waals surface area contributed by atoms with Crippen LogP contribution in [0.15, 0.2) is 12.2 Å². The third-order valence-electron chi connectivity index (χ3n) is 2.47. The number of epoxide rings is 1. The summed E-state index contributed by atoms with van der Waals surface area (Å²) in [5.41, 5.74) is 0.597. The monoisotopic (exact) mass is 212 g/mol. The van der Waals surface area contributed by atoms with E-state index in [0.29, 0.717) is 18.3 Å². The van der Waals surface area contributed by atoms with E-state index in [2.05, 4.69) is 6.58 Å². The van der Waals surface area contributed by atoms with Gasteiger partial charge in [-0.15, -0.1) is 0 Å². The predicted octanol–water partition coefficient (Wildman–Crippen LogP) is 2.46. The summed E-state index contributed by atoms with van der Waals surface area (Å²) in [6.45, 7) is 6.89. The molecule has 15 heavy (non-hydrogen) atoms. The average Bonchev–Trinajstić information content (AvgIpc) is 3.01. The summed E-state index contributed by atoms with van der Waals surface area (Å²) in [6.07, 6.45) is 5.78. The van der Waals surface area contributed by atoms with E-state index in [1.165, 1.54) is 6.42 Å². The van der Waals surface area contributed by atoms with E-state index in [1.807, 2.05) is 0 Å². The Morgan fingerprint density at radius 3 is 2.80 bits per heavy atom. The van der Waals surface area contributed by atoms with Crippen molar-refractivity contribution in [3.05, 3.63) is 12.2 Å². The van der Waals surface area contributed by atoms with Crippen LogP contribution in [0.25, 0.3) is 0 Å². The van der Waals surface area contributed by atoms with Crippen molar-refractivity contribution in [2.45, 2.75) is 45.1 Å². The number of ether oxygens (including phenoxy) is 2. The minimum atomic E-state index is -0.247. The lowest BCUT2D eigenvalue weighted by atomic mass is 10.1. The number of carbonyl (C=O) groups is 1. The molecule has 0 saturated carbocycles. The lowest BCUT2D eigenvalue weighted by Gasteiger charge is -2.04. The fourth-order valence-electron chi connectivity index (χ4n) is 1.46. The largest absolute Gasteiger partial charge is 0.463 e. The Balaban J connectivity index is 1.93. The molecule has 0 amide bonds. The van der Waals surface area contributed by atoms with E-state index < -0.39 is 0 Å². The minimum absolute atomic E-state index is 0.247. The highest BCUT2D eigenvalue weighted by molar-refractivity contribution is 5.87. The van der Waals surface area contributed by atoms with Gasteiger partial charge in [0.05, 0.1) is 19.3 Å². The van der Waals surface area contributed by atoms with Gasteiger partial charge in [-0.05, 0) is 26.2 Å². The Kier molecular flexibility index (Phi) is 5.40. The van der Waals surface area contributed by atoms with Gasteiger partial charge < -0.3 is 9.47 Å². The fraction of sp³-hybridized carbons (Fsp3) is 0.750. The van der Waals surface area contributed by atoms with Gasteiger partial charge in [0.15, 0.2) is 0 Å². The van der Waals surface area contributed by atoms with Gasteiger partial charge in [-0.3, -0.25) is 0 Å². The summed E-state index contributed by atoms with van der Waals surface area (Å²) in [5, 5.41) is 0. The molecule has 0 spiro atoms. The molecule has 1 rings (SSSR count). The maximum atomic E-state index is 11.2. The molecule has 1 aliphatic heterocycles. The van der Waals surface area contributed by atoms with Crippen molar-refractivity contribution in [1.29, 1.82) is 0 Å². The Labute approximate surface area is 91.4 Å². The molecular weight excluding hydrogens is 192 g/mol. The number of hydrogen-bond donors (Lipinski definition) is 0. The zero-order valence-corrected chi connectivity index (χ0v) is 9.46. The Hall–Kier alpha value is -0.830. The second-order valence-corrected chi connectivity index (χ2v) is 3.88. The van der Waals surface area contributed by atoms with Crippen LogP contribution >= 0.6 is 0 Å². The summed E-state index contributed by atoms with van der Waals surface area (Å²) in [7, 11) is 0. The van der Waals surface area contributed by atoms with Gasteiger partial charge in [0.2, 0.25) is 0 Å². The normalized spacial score (nSPS) is 18.6. The molecule has 1 atom stereocenters. The van der Waals surface area contributed by atoms with Crippen molar-refractivity contribution < 1.29 is 14.3 Å². The maximum Gasteiger partial charge on any atom is 0.333 e. The van der Waals surface area contributed by atoms with Crippen molar-refractivity contribution >= 4 is 5.97 Å². The number of rotatable bonds is 8. The second kappa shape index (κ2) is 6.62. The molecule has 0 aromatic carbocycles. The van der Waals surface area contributed by atoms with Crippen LogP contribution in [0.5, 0.6) is 0 Å². The molecule has 1 aliphatic rings. The van der Waals surface area contributed by atoms with Crippen LogP contribution in [-0.2, 0) is 14.3 Å². The smallest absolute Gasteiger partial charge is 0.333 e. The molecule has 3 heteroatoms. The topological polar surface area (TPSA) is 38.8 Å². The highest BCUT2D eigenvalue weighted by Gasteiger charge is 2.20. The summed E-state index contributed by atoms with van der Waals surface area (Å²) in [4.78, 5) is 11.2.